The summed E-state index contributed by atoms with van der Waals surface area (Å²) in [5.41, 5.74) is 2.43. The number of carbonyl (C=O) groups is 1. The Kier molecular flexibility index (Phi) is 10.6. The molecule has 2 N–H and O–H groups in total. The highest BCUT2D eigenvalue weighted by molar-refractivity contribution is 14.0. The Balaban J connectivity index is 0.00000392. The van der Waals surface area contributed by atoms with E-state index >= 15 is 0 Å². The lowest BCUT2D eigenvalue weighted by atomic mass is 10.1. The van der Waals surface area contributed by atoms with Crippen LogP contribution in [0.15, 0.2) is 41.5 Å². The highest BCUT2D eigenvalue weighted by Gasteiger charge is 2.13. The molecule has 7 nitrogen and oxygen atoms in total. The van der Waals surface area contributed by atoms with Crippen LogP contribution in [0, 0.1) is 0 Å². The van der Waals surface area contributed by atoms with Crippen LogP contribution in [0.1, 0.15) is 21.5 Å². The Bertz CT molecular complexity index is 800. The van der Waals surface area contributed by atoms with Crippen molar-refractivity contribution in [2.75, 3.05) is 27.8 Å². The summed E-state index contributed by atoms with van der Waals surface area (Å²) in [7, 11) is 4.57. The maximum absolute atomic E-state index is 11.7. The van der Waals surface area contributed by atoms with Gasteiger partial charge in [-0.15, -0.1) is 24.0 Å². The number of ether oxygens (including phenoxy) is 2. The molecule has 152 valence electrons. The summed E-state index contributed by atoms with van der Waals surface area (Å²) >= 11 is 5.78. The van der Waals surface area contributed by atoms with E-state index in [0.717, 1.165) is 17.5 Å². The number of benzene rings is 1. The van der Waals surface area contributed by atoms with Gasteiger partial charge in [-0.05, 0) is 35.7 Å². The first-order valence-corrected chi connectivity index (χ1v) is 8.75. The van der Waals surface area contributed by atoms with Gasteiger partial charge < -0.3 is 20.1 Å². The number of guanidine groups is 1. The third-order valence-corrected chi connectivity index (χ3v) is 4.07. The molecule has 0 aliphatic rings. The summed E-state index contributed by atoms with van der Waals surface area (Å²) in [6.07, 6.45) is 2.56. The monoisotopic (exact) mass is 518 g/mol. The molecule has 1 aromatic heterocycles. The summed E-state index contributed by atoms with van der Waals surface area (Å²) < 4.78 is 10.0. The number of rotatable bonds is 7. The van der Waals surface area contributed by atoms with Gasteiger partial charge in [0, 0.05) is 26.3 Å². The van der Waals surface area contributed by atoms with E-state index in [1.165, 1.54) is 14.2 Å². The number of pyridine rings is 1. The topological polar surface area (TPSA) is 84.8 Å². The zero-order chi connectivity index (χ0) is 19.6. The minimum Gasteiger partial charge on any atom is -0.496 e. The summed E-state index contributed by atoms with van der Waals surface area (Å²) in [5.74, 6) is 0.716. The van der Waals surface area contributed by atoms with Crippen LogP contribution < -0.4 is 15.4 Å². The Labute approximate surface area is 186 Å². The third kappa shape index (κ3) is 7.16. The first-order chi connectivity index (χ1) is 13.1. The first kappa shape index (κ1) is 24.0. The molecule has 0 unspecified atom stereocenters. The maximum Gasteiger partial charge on any atom is 0.341 e. The Morgan fingerprint density at radius 3 is 2.54 bits per heavy atom. The zero-order valence-electron chi connectivity index (χ0n) is 16.0. The van der Waals surface area contributed by atoms with Crippen molar-refractivity contribution < 1.29 is 14.3 Å². The molecular weight excluding hydrogens is 495 g/mol. The van der Waals surface area contributed by atoms with Gasteiger partial charge in [-0.2, -0.15) is 0 Å². The van der Waals surface area contributed by atoms with Gasteiger partial charge in [-0.25, -0.2) is 9.78 Å². The number of aliphatic imine (C=N–C) groups is 1. The van der Waals surface area contributed by atoms with Crippen LogP contribution in [0.2, 0.25) is 5.15 Å². The van der Waals surface area contributed by atoms with Gasteiger partial charge in [-0.1, -0.05) is 23.7 Å². The summed E-state index contributed by atoms with van der Waals surface area (Å²) in [5, 5.41) is 6.95. The van der Waals surface area contributed by atoms with E-state index < -0.39 is 5.97 Å². The van der Waals surface area contributed by atoms with E-state index in [0.29, 0.717) is 35.5 Å². The fourth-order valence-corrected chi connectivity index (χ4v) is 2.52. The Morgan fingerprint density at radius 1 is 1.18 bits per heavy atom. The van der Waals surface area contributed by atoms with Gasteiger partial charge in [0.15, 0.2) is 5.96 Å². The molecular formula is C19H24ClIN4O3. The predicted octanol–water partition coefficient (Wildman–Crippen LogP) is 3.06. The number of nitrogens with one attached hydrogen (secondary N) is 2. The first-order valence-electron chi connectivity index (χ1n) is 8.37. The van der Waals surface area contributed by atoms with Crippen LogP contribution in [-0.4, -0.2) is 44.7 Å². The van der Waals surface area contributed by atoms with Crippen LogP contribution in [0.4, 0.5) is 0 Å². The molecule has 1 heterocycles. The molecule has 0 radical (unpaired) electrons. The lowest BCUT2D eigenvalue weighted by molar-refractivity contribution is 0.0597. The van der Waals surface area contributed by atoms with E-state index in [9.17, 15) is 4.79 Å². The van der Waals surface area contributed by atoms with Crippen LogP contribution >= 0.6 is 35.6 Å². The van der Waals surface area contributed by atoms with Gasteiger partial charge in [0.2, 0.25) is 0 Å². The molecule has 0 bridgehead atoms. The van der Waals surface area contributed by atoms with Gasteiger partial charge in [0.25, 0.3) is 0 Å². The molecule has 0 amide bonds. The number of nitrogens with zero attached hydrogens (tertiary/aromatic N) is 2. The lowest BCUT2D eigenvalue weighted by Gasteiger charge is -2.13. The average molecular weight is 519 g/mol. The van der Waals surface area contributed by atoms with E-state index in [4.69, 9.17) is 21.1 Å². The number of halogens is 2. The fraction of sp³-hybridized carbons (Fsp3) is 0.316. The number of methoxy groups -OCH3 is 2. The number of hydrogen-bond donors (Lipinski definition) is 2. The van der Waals surface area contributed by atoms with Crippen LogP contribution in [0.3, 0.4) is 0 Å². The summed E-state index contributed by atoms with van der Waals surface area (Å²) in [6.45, 7) is 1.23. The van der Waals surface area contributed by atoms with Crippen molar-refractivity contribution in [2.45, 2.75) is 13.0 Å². The van der Waals surface area contributed by atoms with Crippen molar-refractivity contribution in [1.29, 1.82) is 0 Å². The van der Waals surface area contributed by atoms with Crippen molar-refractivity contribution >= 4 is 47.5 Å². The quantitative estimate of drug-likeness (QED) is 0.193. The van der Waals surface area contributed by atoms with Crippen LogP contribution in [0.25, 0.3) is 0 Å². The van der Waals surface area contributed by atoms with Crippen molar-refractivity contribution in [3.8, 4) is 5.75 Å². The van der Waals surface area contributed by atoms with Crippen molar-refractivity contribution in [1.82, 2.24) is 15.6 Å². The lowest BCUT2D eigenvalue weighted by Crippen LogP contribution is -2.37. The normalized spacial score (nSPS) is 10.6. The zero-order valence-corrected chi connectivity index (χ0v) is 19.1. The molecule has 2 rings (SSSR count). The smallest absolute Gasteiger partial charge is 0.341 e. The van der Waals surface area contributed by atoms with Gasteiger partial charge in [0.1, 0.15) is 16.5 Å². The molecule has 0 spiro atoms. The van der Waals surface area contributed by atoms with E-state index in [-0.39, 0.29) is 24.0 Å². The molecule has 28 heavy (non-hydrogen) atoms. The fourth-order valence-electron chi connectivity index (χ4n) is 2.41. The second kappa shape index (κ2) is 12.4. The van der Waals surface area contributed by atoms with Gasteiger partial charge in [-0.3, -0.25) is 4.99 Å². The largest absolute Gasteiger partial charge is 0.496 e. The molecule has 0 saturated heterocycles. The molecule has 0 saturated carbocycles. The van der Waals surface area contributed by atoms with Crippen LogP contribution in [-0.2, 0) is 17.7 Å². The van der Waals surface area contributed by atoms with E-state index in [2.05, 4.69) is 20.6 Å². The number of carbonyl (C=O) groups excluding carboxylic acids is 1. The molecule has 1 aromatic carbocycles. The van der Waals surface area contributed by atoms with Crippen molar-refractivity contribution in [3.05, 3.63) is 58.4 Å². The highest BCUT2D eigenvalue weighted by atomic mass is 127. The minimum atomic E-state index is -0.430. The predicted molar refractivity (Wildman–Crippen MR) is 121 cm³/mol. The minimum absolute atomic E-state index is 0. The van der Waals surface area contributed by atoms with Gasteiger partial charge >= 0.3 is 5.97 Å². The third-order valence-electron chi connectivity index (χ3n) is 3.85. The van der Waals surface area contributed by atoms with Gasteiger partial charge in [0.05, 0.1) is 14.2 Å². The number of hydrogen-bond acceptors (Lipinski definition) is 5. The Hall–Kier alpha value is -2.07. The van der Waals surface area contributed by atoms with E-state index in [1.807, 2.05) is 12.1 Å². The SMILES string of the molecule is CN=C(NCCc1ccc(Cl)nc1)NCc1ccc(C(=O)OC)c(OC)c1.I. The van der Waals surface area contributed by atoms with Crippen molar-refractivity contribution in [3.63, 3.8) is 0 Å². The second-order valence-corrected chi connectivity index (χ2v) is 6.01. The molecule has 2 aromatic rings. The molecule has 0 aliphatic carbocycles. The standard InChI is InChI=1S/C19H23ClN4O3.HI/c1-21-19(22-9-8-13-5-7-17(20)23-11-13)24-12-14-4-6-15(18(25)27-3)16(10-14)26-2;/h4-7,10-11H,8-9,12H2,1-3H3,(H2,21,22,24);1H. The molecule has 0 fully saturated rings. The number of aromatic nitrogens is 1. The average Bonchev–Trinajstić information content (AvgIpc) is 2.71. The van der Waals surface area contributed by atoms with Crippen LogP contribution in [0.5, 0.6) is 5.75 Å². The second-order valence-electron chi connectivity index (χ2n) is 5.62. The van der Waals surface area contributed by atoms with E-state index in [1.54, 1.807) is 31.4 Å². The molecule has 0 aliphatic heterocycles. The maximum atomic E-state index is 11.7. The summed E-state index contributed by atoms with van der Waals surface area (Å²) in [6, 6.07) is 9.05. The summed E-state index contributed by atoms with van der Waals surface area (Å²) in [4.78, 5) is 20.0. The van der Waals surface area contributed by atoms with Crippen molar-refractivity contribution in [2.24, 2.45) is 4.99 Å². The number of esters is 1. The molecule has 0 atom stereocenters. The Morgan fingerprint density at radius 2 is 1.93 bits per heavy atom. The highest BCUT2D eigenvalue weighted by Crippen LogP contribution is 2.21. The molecule has 9 heteroatoms.